The second-order valence-electron chi connectivity index (χ2n) is 6.89. The molecule has 2 aromatic heterocycles. The minimum absolute atomic E-state index is 0.160. The van der Waals surface area contributed by atoms with Crippen LogP contribution in [0.3, 0.4) is 0 Å². The van der Waals surface area contributed by atoms with E-state index in [1.807, 2.05) is 36.5 Å². The second kappa shape index (κ2) is 7.01. The fourth-order valence-electron chi connectivity index (χ4n) is 3.56. The Hall–Kier alpha value is -3.74. The van der Waals surface area contributed by atoms with Crippen molar-refractivity contribution in [1.29, 1.82) is 0 Å². The highest BCUT2D eigenvalue weighted by molar-refractivity contribution is 5.92. The van der Waals surface area contributed by atoms with Gasteiger partial charge in [0.05, 0.1) is 18.4 Å². The summed E-state index contributed by atoms with van der Waals surface area (Å²) in [6.07, 6.45) is 1.85. The molecule has 7 heteroatoms. The number of carbonyl (C=O) groups is 1. The monoisotopic (exact) mass is 388 g/mol. The van der Waals surface area contributed by atoms with Gasteiger partial charge in [-0.15, -0.1) is 0 Å². The molecular formula is C22H17FN4O2. The van der Waals surface area contributed by atoms with Crippen molar-refractivity contribution in [2.45, 2.75) is 13.1 Å². The maximum atomic E-state index is 13.1. The Balaban J connectivity index is 1.35. The molecule has 0 atom stereocenters. The number of imidazole rings is 1. The summed E-state index contributed by atoms with van der Waals surface area (Å²) in [5.41, 5.74) is 3.34. The molecule has 1 aliphatic heterocycles. The number of fused-ring (bicyclic) bond motifs is 1. The number of benzene rings is 2. The lowest BCUT2D eigenvalue weighted by molar-refractivity contribution is 0.0666. The molecule has 0 radical (unpaired) electrons. The smallest absolute Gasteiger partial charge is 0.292 e. The molecule has 0 bridgehead atoms. The van der Waals surface area contributed by atoms with Crippen molar-refractivity contribution in [3.05, 3.63) is 84.3 Å². The van der Waals surface area contributed by atoms with Crippen LogP contribution in [0.25, 0.3) is 22.5 Å². The molecule has 0 fully saturated rings. The third-order valence-corrected chi connectivity index (χ3v) is 5.08. The van der Waals surface area contributed by atoms with Gasteiger partial charge in [-0.25, -0.2) is 9.37 Å². The Morgan fingerprint density at radius 2 is 1.79 bits per heavy atom. The Morgan fingerprint density at radius 3 is 2.59 bits per heavy atom. The first-order chi connectivity index (χ1) is 14.2. The van der Waals surface area contributed by atoms with Gasteiger partial charge in [-0.3, -0.25) is 4.79 Å². The minimum atomic E-state index is -0.327. The van der Waals surface area contributed by atoms with Crippen LogP contribution in [-0.2, 0) is 13.1 Å². The predicted molar refractivity (Wildman–Crippen MR) is 104 cm³/mol. The van der Waals surface area contributed by atoms with Crippen LogP contribution in [-0.4, -0.2) is 32.1 Å². The van der Waals surface area contributed by atoms with Gasteiger partial charge in [0.15, 0.2) is 0 Å². The number of carbonyl (C=O) groups excluding carboxylic acids is 1. The molecule has 0 unspecified atom stereocenters. The lowest BCUT2D eigenvalue weighted by Gasteiger charge is -2.27. The summed E-state index contributed by atoms with van der Waals surface area (Å²) in [5, 5.41) is 3.95. The summed E-state index contributed by atoms with van der Waals surface area (Å²) in [7, 11) is 0. The van der Waals surface area contributed by atoms with Gasteiger partial charge in [0.2, 0.25) is 5.76 Å². The standard InChI is InChI=1S/C22H17FN4O2/c23-17-8-6-15(7-9-17)18-12-20(29-25-18)22(28)26-10-11-27-19(13-24-21(27)14-26)16-4-2-1-3-5-16/h1-9,12-13H,10-11,14H2. The highest BCUT2D eigenvalue weighted by atomic mass is 19.1. The molecule has 5 rings (SSSR count). The first-order valence-electron chi connectivity index (χ1n) is 9.31. The second-order valence-corrected chi connectivity index (χ2v) is 6.89. The average molecular weight is 388 g/mol. The highest BCUT2D eigenvalue weighted by Crippen LogP contribution is 2.25. The maximum absolute atomic E-state index is 13.1. The van der Waals surface area contributed by atoms with E-state index in [0.29, 0.717) is 30.9 Å². The molecule has 144 valence electrons. The van der Waals surface area contributed by atoms with Crippen molar-refractivity contribution in [3.63, 3.8) is 0 Å². The number of hydrogen-bond acceptors (Lipinski definition) is 4. The largest absolute Gasteiger partial charge is 0.350 e. The number of hydrogen-bond donors (Lipinski definition) is 0. The third-order valence-electron chi connectivity index (χ3n) is 5.08. The zero-order valence-electron chi connectivity index (χ0n) is 15.5. The Kier molecular flexibility index (Phi) is 4.20. The van der Waals surface area contributed by atoms with E-state index in [-0.39, 0.29) is 17.5 Å². The minimum Gasteiger partial charge on any atom is -0.350 e. The summed E-state index contributed by atoms with van der Waals surface area (Å²) in [6.45, 7) is 1.61. The number of amides is 1. The molecule has 1 aliphatic rings. The van der Waals surface area contributed by atoms with E-state index < -0.39 is 0 Å². The van der Waals surface area contributed by atoms with Crippen LogP contribution in [0.5, 0.6) is 0 Å². The molecule has 29 heavy (non-hydrogen) atoms. The van der Waals surface area contributed by atoms with Crippen LogP contribution < -0.4 is 0 Å². The van der Waals surface area contributed by atoms with E-state index in [0.717, 1.165) is 17.1 Å². The van der Waals surface area contributed by atoms with Gasteiger partial charge in [0, 0.05) is 24.7 Å². The summed E-state index contributed by atoms with van der Waals surface area (Å²) < 4.78 is 20.5. The summed E-state index contributed by atoms with van der Waals surface area (Å²) in [6, 6.07) is 17.6. The SMILES string of the molecule is O=C(c1cc(-c2ccc(F)cc2)no1)N1CCn2c(-c3ccccc3)cnc2C1. The Labute approximate surface area is 166 Å². The lowest BCUT2D eigenvalue weighted by Crippen LogP contribution is -2.38. The lowest BCUT2D eigenvalue weighted by atomic mass is 10.1. The number of aromatic nitrogens is 3. The number of halogens is 1. The van der Waals surface area contributed by atoms with Crippen molar-refractivity contribution >= 4 is 5.91 Å². The van der Waals surface area contributed by atoms with Crippen LogP contribution in [0, 0.1) is 5.82 Å². The molecule has 1 amide bonds. The number of rotatable bonds is 3. The highest BCUT2D eigenvalue weighted by Gasteiger charge is 2.27. The quantitative estimate of drug-likeness (QED) is 0.532. The van der Waals surface area contributed by atoms with Crippen molar-refractivity contribution in [3.8, 4) is 22.5 Å². The van der Waals surface area contributed by atoms with Crippen LogP contribution in [0.15, 0.2) is 71.4 Å². The number of nitrogens with zero attached hydrogens (tertiary/aromatic N) is 4. The van der Waals surface area contributed by atoms with Gasteiger partial charge in [0.1, 0.15) is 17.3 Å². The molecule has 2 aromatic carbocycles. The van der Waals surface area contributed by atoms with E-state index in [1.165, 1.54) is 12.1 Å². The van der Waals surface area contributed by atoms with E-state index >= 15 is 0 Å². The van der Waals surface area contributed by atoms with E-state index in [2.05, 4.69) is 14.7 Å². The molecule has 0 aliphatic carbocycles. The van der Waals surface area contributed by atoms with Crippen molar-refractivity contribution in [2.24, 2.45) is 0 Å². The summed E-state index contributed by atoms with van der Waals surface area (Å²) in [4.78, 5) is 19.1. The first-order valence-corrected chi connectivity index (χ1v) is 9.31. The van der Waals surface area contributed by atoms with Crippen LogP contribution >= 0.6 is 0 Å². The molecule has 3 heterocycles. The van der Waals surface area contributed by atoms with E-state index in [4.69, 9.17) is 4.52 Å². The van der Waals surface area contributed by atoms with Gasteiger partial charge in [0.25, 0.3) is 5.91 Å². The zero-order chi connectivity index (χ0) is 19.8. The average Bonchev–Trinajstić information content (AvgIpc) is 3.41. The molecule has 0 spiro atoms. The predicted octanol–water partition coefficient (Wildman–Crippen LogP) is 4.00. The fraction of sp³-hybridized carbons (Fsp3) is 0.136. The van der Waals surface area contributed by atoms with Crippen LogP contribution in [0.2, 0.25) is 0 Å². The Bertz CT molecular complexity index is 1170. The first kappa shape index (κ1) is 17.4. The molecule has 0 saturated carbocycles. The third kappa shape index (κ3) is 3.20. The topological polar surface area (TPSA) is 64.2 Å². The van der Waals surface area contributed by atoms with Crippen LogP contribution in [0.4, 0.5) is 4.39 Å². The molecule has 0 N–H and O–H groups in total. The normalized spacial score (nSPS) is 13.3. The van der Waals surface area contributed by atoms with Crippen molar-refractivity contribution in [2.75, 3.05) is 6.54 Å². The molecule has 6 nitrogen and oxygen atoms in total. The van der Waals surface area contributed by atoms with Gasteiger partial charge in [-0.1, -0.05) is 35.5 Å². The maximum Gasteiger partial charge on any atom is 0.292 e. The summed E-state index contributed by atoms with van der Waals surface area (Å²) in [5.74, 6) is 0.433. The van der Waals surface area contributed by atoms with Gasteiger partial charge < -0.3 is 14.0 Å². The van der Waals surface area contributed by atoms with Crippen molar-refractivity contribution in [1.82, 2.24) is 19.6 Å². The zero-order valence-corrected chi connectivity index (χ0v) is 15.5. The molecule has 0 saturated heterocycles. The van der Waals surface area contributed by atoms with Crippen LogP contribution in [0.1, 0.15) is 16.4 Å². The summed E-state index contributed by atoms with van der Waals surface area (Å²) >= 11 is 0. The van der Waals surface area contributed by atoms with Gasteiger partial charge in [-0.2, -0.15) is 0 Å². The Morgan fingerprint density at radius 1 is 1.00 bits per heavy atom. The molecular weight excluding hydrogens is 371 g/mol. The van der Waals surface area contributed by atoms with Gasteiger partial charge >= 0.3 is 0 Å². The van der Waals surface area contributed by atoms with Gasteiger partial charge in [-0.05, 0) is 29.8 Å². The van der Waals surface area contributed by atoms with E-state index in [9.17, 15) is 9.18 Å². The van der Waals surface area contributed by atoms with E-state index in [1.54, 1.807) is 23.1 Å². The van der Waals surface area contributed by atoms with Crippen molar-refractivity contribution < 1.29 is 13.7 Å². The fourth-order valence-corrected chi connectivity index (χ4v) is 3.56. The molecule has 4 aromatic rings.